The van der Waals surface area contributed by atoms with Gasteiger partial charge in [0.15, 0.2) is 11.1 Å². The van der Waals surface area contributed by atoms with Crippen molar-refractivity contribution in [2.24, 2.45) is 5.41 Å². The van der Waals surface area contributed by atoms with E-state index in [1.165, 1.54) is 0 Å². The highest BCUT2D eigenvalue weighted by Gasteiger charge is 2.63. The largest absolute Gasteiger partial charge is 0.372 e. The molecule has 2 aromatic rings. The second kappa shape index (κ2) is 7.32. The van der Waals surface area contributed by atoms with Gasteiger partial charge in [-0.25, -0.2) is 18.6 Å². The maximum atomic E-state index is 13.3. The maximum absolute atomic E-state index is 13.3. The molecule has 4 aliphatic heterocycles. The summed E-state index contributed by atoms with van der Waals surface area (Å²) in [6, 6.07) is -1.79. The Hall–Kier alpha value is -3.39. The molecule has 4 aliphatic rings. The number of carbonyl (C=O) groups excluding carboxylic acids is 4. The van der Waals surface area contributed by atoms with Gasteiger partial charge in [0, 0.05) is 13.0 Å². The number of fused-ring (bicyclic) bond motifs is 5. The van der Waals surface area contributed by atoms with E-state index >= 15 is 0 Å². The molecule has 6 heterocycles. The second-order valence-electron chi connectivity index (χ2n) is 9.58. The van der Waals surface area contributed by atoms with E-state index in [0.717, 1.165) is 4.90 Å². The van der Waals surface area contributed by atoms with Gasteiger partial charge in [0.1, 0.15) is 10.5 Å². The average Bonchev–Trinajstić information content (AvgIpc) is 3.18. The van der Waals surface area contributed by atoms with Crippen molar-refractivity contribution in [1.29, 1.82) is 0 Å². The summed E-state index contributed by atoms with van der Waals surface area (Å²) in [7, 11) is 0. The number of nitrogens with zero attached hydrogens (tertiary/aromatic N) is 4. The lowest BCUT2D eigenvalue weighted by atomic mass is 9.67. The molecular formula is C21H19ClF2N6O6. The predicted octanol–water partition coefficient (Wildman–Crippen LogP) is 0.858. The van der Waals surface area contributed by atoms with Crippen LogP contribution in [0.2, 0.25) is 5.02 Å². The van der Waals surface area contributed by atoms with Crippen LogP contribution < -0.4 is 15.5 Å². The van der Waals surface area contributed by atoms with Crippen LogP contribution in [-0.2, 0) is 20.7 Å². The summed E-state index contributed by atoms with van der Waals surface area (Å²) in [5, 5.41) is 8.13. The number of carbonyl (C=O) groups is 4. The Balaban J connectivity index is 1.52. The normalized spacial score (nSPS) is 28.4. The number of morpholine rings is 1. The molecule has 0 radical (unpaired) electrons. The van der Waals surface area contributed by atoms with Crippen LogP contribution in [0.5, 0.6) is 0 Å². The Labute approximate surface area is 206 Å². The van der Waals surface area contributed by atoms with Crippen molar-refractivity contribution in [3.63, 3.8) is 0 Å². The average molecular weight is 525 g/mol. The zero-order valence-corrected chi connectivity index (χ0v) is 19.7. The minimum absolute atomic E-state index is 0.0275. The van der Waals surface area contributed by atoms with Gasteiger partial charge < -0.3 is 19.1 Å². The number of imide groups is 2. The fraction of sp³-hybridized carbons (Fsp3) is 0.524. The van der Waals surface area contributed by atoms with Gasteiger partial charge in [-0.3, -0.25) is 25.0 Å². The number of nitrogens with one attached hydrogen (secondary N) is 2. The highest BCUT2D eigenvalue weighted by molar-refractivity contribution is 6.38. The molecule has 36 heavy (non-hydrogen) atoms. The van der Waals surface area contributed by atoms with Crippen molar-refractivity contribution in [3.8, 4) is 0 Å². The van der Waals surface area contributed by atoms with Crippen molar-refractivity contribution in [2.45, 2.75) is 44.4 Å². The molecule has 0 bridgehead atoms. The molecule has 0 saturated carbocycles. The highest BCUT2D eigenvalue weighted by atomic mass is 35.5. The lowest BCUT2D eigenvalue weighted by Crippen LogP contribution is -2.75. The Morgan fingerprint density at radius 2 is 1.83 bits per heavy atom. The van der Waals surface area contributed by atoms with Crippen LogP contribution in [-0.4, -0.2) is 82.6 Å². The summed E-state index contributed by atoms with van der Waals surface area (Å²) < 4.78 is 37.9. The number of urea groups is 1. The van der Waals surface area contributed by atoms with Crippen LogP contribution in [0.25, 0.3) is 11.1 Å². The van der Waals surface area contributed by atoms with Gasteiger partial charge in [-0.1, -0.05) is 16.8 Å². The second-order valence-corrected chi connectivity index (χ2v) is 9.96. The minimum Gasteiger partial charge on any atom is -0.372 e. The van der Waals surface area contributed by atoms with Gasteiger partial charge in [0.2, 0.25) is 17.4 Å². The monoisotopic (exact) mass is 524 g/mol. The maximum Gasteiger partial charge on any atom is 0.328 e. The number of alkyl halides is 2. The minimum atomic E-state index is -2.98. The quantitative estimate of drug-likeness (QED) is 0.518. The third-order valence-corrected chi connectivity index (χ3v) is 7.46. The first-order valence-electron chi connectivity index (χ1n) is 11.2. The number of hydrogen-bond acceptors (Lipinski definition) is 9. The first-order valence-corrected chi connectivity index (χ1v) is 11.5. The molecule has 0 aromatic carbocycles. The van der Waals surface area contributed by atoms with E-state index in [1.54, 1.807) is 11.8 Å². The van der Waals surface area contributed by atoms with Crippen molar-refractivity contribution in [2.75, 3.05) is 24.5 Å². The first-order chi connectivity index (χ1) is 16.9. The molecule has 3 unspecified atom stereocenters. The van der Waals surface area contributed by atoms with E-state index < -0.39 is 60.3 Å². The smallest absolute Gasteiger partial charge is 0.328 e. The third kappa shape index (κ3) is 3.00. The summed E-state index contributed by atoms with van der Waals surface area (Å²) in [5.41, 5.74) is -1.64. The number of amides is 5. The Kier molecular flexibility index (Phi) is 4.68. The Morgan fingerprint density at radius 1 is 1.17 bits per heavy atom. The molecule has 3 fully saturated rings. The molecule has 0 aliphatic carbocycles. The number of halogens is 3. The summed E-state index contributed by atoms with van der Waals surface area (Å²) in [6.45, 7) is 2.23. The number of likely N-dealkylation sites (tertiary alicyclic amines) is 1. The van der Waals surface area contributed by atoms with E-state index in [-0.39, 0.29) is 46.6 Å². The van der Waals surface area contributed by atoms with Crippen LogP contribution >= 0.6 is 11.6 Å². The van der Waals surface area contributed by atoms with E-state index in [9.17, 15) is 28.0 Å². The first kappa shape index (κ1) is 23.0. The molecule has 190 valence electrons. The molecule has 15 heteroatoms. The number of barbiturate groups is 1. The van der Waals surface area contributed by atoms with Crippen molar-refractivity contribution >= 4 is 52.1 Å². The summed E-state index contributed by atoms with van der Waals surface area (Å²) in [4.78, 5) is 58.3. The Morgan fingerprint density at radius 3 is 2.47 bits per heavy atom. The zero-order chi connectivity index (χ0) is 25.7. The van der Waals surface area contributed by atoms with Crippen molar-refractivity contribution in [1.82, 2.24) is 25.7 Å². The SMILES string of the molecule is CC1CN2c3c(nc4c(C(=O)N5CC(F)(F)C5)noc4c3Cl)CC3(C(=O)NC(=O)NC3=O)C2C(C)O1. The summed E-state index contributed by atoms with van der Waals surface area (Å²) in [6.07, 6.45) is -1.21. The molecular weight excluding hydrogens is 506 g/mol. The van der Waals surface area contributed by atoms with Gasteiger partial charge in [0.05, 0.1) is 42.7 Å². The zero-order valence-electron chi connectivity index (χ0n) is 18.9. The molecule has 12 nitrogen and oxygen atoms in total. The number of hydrogen-bond donors (Lipinski definition) is 2. The molecule has 2 N–H and O–H groups in total. The fourth-order valence-corrected chi connectivity index (χ4v) is 6.04. The standard InChI is InChI=1S/C21H19ClF2N6O6/c1-7-4-30-13-9(3-21(15(30)8(2)35-7)17(32)26-19(34)27-18(21)33)25-11-12(28-36-14(11)10(13)22)16(31)29-5-20(23,24)6-29/h7-8,15H,3-6H2,1-2H3,(H2,26,27,32,33,34). The van der Waals surface area contributed by atoms with Crippen LogP contribution in [0.4, 0.5) is 19.3 Å². The van der Waals surface area contributed by atoms with E-state index in [0.29, 0.717) is 5.69 Å². The van der Waals surface area contributed by atoms with Crippen molar-refractivity contribution < 1.29 is 37.2 Å². The van der Waals surface area contributed by atoms with Gasteiger partial charge in [-0.15, -0.1) is 0 Å². The molecule has 6 rings (SSSR count). The number of aromatic nitrogens is 2. The van der Waals surface area contributed by atoms with E-state index in [2.05, 4.69) is 20.8 Å². The lowest BCUT2D eigenvalue weighted by molar-refractivity contribution is -0.153. The van der Waals surface area contributed by atoms with Gasteiger partial charge in [-0.05, 0) is 13.8 Å². The summed E-state index contributed by atoms with van der Waals surface area (Å²) in [5.74, 6) is -5.42. The molecule has 5 amide bonds. The van der Waals surface area contributed by atoms with Crippen LogP contribution in [0.15, 0.2) is 4.52 Å². The number of rotatable bonds is 1. The molecule has 1 spiro atoms. The van der Waals surface area contributed by atoms with Gasteiger partial charge in [0.25, 0.3) is 11.8 Å². The van der Waals surface area contributed by atoms with Crippen LogP contribution in [0.1, 0.15) is 30.0 Å². The topological polar surface area (TPSA) is 147 Å². The number of pyridine rings is 1. The Bertz CT molecular complexity index is 1350. The summed E-state index contributed by atoms with van der Waals surface area (Å²) >= 11 is 6.73. The van der Waals surface area contributed by atoms with Crippen molar-refractivity contribution in [3.05, 3.63) is 16.4 Å². The molecule has 2 aromatic heterocycles. The number of anilines is 1. The predicted molar refractivity (Wildman–Crippen MR) is 117 cm³/mol. The number of ether oxygens (including phenoxy) is 1. The van der Waals surface area contributed by atoms with E-state index in [1.807, 2.05) is 6.92 Å². The fourth-order valence-electron chi connectivity index (χ4n) is 5.70. The van der Waals surface area contributed by atoms with Crippen LogP contribution in [0, 0.1) is 5.41 Å². The highest BCUT2D eigenvalue weighted by Crippen LogP contribution is 2.50. The molecule has 3 saturated heterocycles. The van der Waals surface area contributed by atoms with E-state index in [4.69, 9.17) is 20.9 Å². The third-order valence-electron chi connectivity index (χ3n) is 7.11. The van der Waals surface area contributed by atoms with Gasteiger partial charge >= 0.3 is 6.03 Å². The van der Waals surface area contributed by atoms with Gasteiger partial charge in [-0.2, -0.15) is 0 Å². The lowest BCUT2D eigenvalue weighted by Gasteiger charge is -2.55. The van der Waals surface area contributed by atoms with Crippen LogP contribution in [0.3, 0.4) is 0 Å². The molecule has 3 atom stereocenters.